The molecule has 1 aliphatic carbocycles. The van der Waals surface area contributed by atoms with E-state index in [0.29, 0.717) is 36.1 Å². The number of rotatable bonds is 3. The van der Waals surface area contributed by atoms with Crippen LogP contribution in [0, 0.1) is 0 Å². The first-order chi connectivity index (χ1) is 11.0. The summed E-state index contributed by atoms with van der Waals surface area (Å²) in [5, 5.41) is 14.6. The first-order valence-electron chi connectivity index (χ1n) is 7.22. The summed E-state index contributed by atoms with van der Waals surface area (Å²) >= 11 is 0. The van der Waals surface area contributed by atoms with Crippen LogP contribution in [0.25, 0.3) is 16.6 Å². The number of allylic oxidation sites excluding steroid dienone is 1. The van der Waals surface area contributed by atoms with E-state index in [2.05, 4.69) is 15.1 Å². The fraction of sp³-hybridized carbons (Fsp3) is 0.467. The lowest BCUT2D eigenvalue weighted by Crippen LogP contribution is -2.42. The number of carbonyl (C=O) groups excluding carboxylic acids is 1. The molecule has 1 aliphatic rings. The maximum absolute atomic E-state index is 11.9. The Labute approximate surface area is 132 Å². The maximum Gasteiger partial charge on any atom is 0.338 e. The summed E-state index contributed by atoms with van der Waals surface area (Å²) in [6.45, 7) is 0. The third-order valence-corrected chi connectivity index (χ3v) is 4.28. The number of methoxy groups -OCH3 is 2. The van der Waals surface area contributed by atoms with Gasteiger partial charge in [0, 0.05) is 20.6 Å². The average Bonchev–Trinajstić information content (AvgIpc) is 2.96. The molecule has 1 unspecified atom stereocenters. The third kappa shape index (κ3) is 2.44. The normalized spacial score (nSPS) is 21.3. The number of ether oxygens (including phenoxy) is 2. The summed E-state index contributed by atoms with van der Waals surface area (Å²) < 4.78 is 11.8. The lowest BCUT2D eigenvalue weighted by atomic mass is 9.85. The predicted molar refractivity (Wildman–Crippen MR) is 81.6 cm³/mol. The van der Waals surface area contributed by atoms with Crippen LogP contribution in [0.15, 0.2) is 12.3 Å². The second kappa shape index (κ2) is 5.62. The molecule has 0 fully saturated rings. The van der Waals surface area contributed by atoms with E-state index in [1.165, 1.54) is 20.4 Å². The molecule has 1 N–H and O–H groups in total. The third-order valence-electron chi connectivity index (χ3n) is 4.28. The second-order valence-electron chi connectivity index (χ2n) is 5.50. The number of carbonyl (C=O) groups is 1. The molecule has 3 rings (SSSR count). The Balaban J connectivity index is 1.96. The van der Waals surface area contributed by atoms with Crippen LogP contribution < -0.4 is 0 Å². The zero-order valence-corrected chi connectivity index (χ0v) is 13.2. The second-order valence-corrected chi connectivity index (χ2v) is 5.50. The van der Waals surface area contributed by atoms with Crippen molar-refractivity contribution in [3.63, 3.8) is 0 Å². The van der Waals surface area contributed by atoms with E-state index in [-0.39, 0.29) is 11.8 Å². The van der Waals surface area contributed by atoms with E-state index >= 15 is 0 Å². The molecule has 23 heavy (non-hydrogen) atoms. The molecule has 8 nitrogen and oxygen atoms in total. The van der Waals surface area contributed by atoms with Gasteiger partial charge in [0.15, 0.2) is 17.1 Å². The van der Waals surface area contributed by atoms with E-state index in [4.69, 9.17) is 9.47 Å². The molecule has 0 saturated carbocycles. The molecule has 0 amide bonds. The summed E-state index contributed by atoms with van der Waals surface area (Å²) in [6.07, 6.45) is 4.78. The standard InChI is InChI=1S/C15H18N4O4/c1-19-12-10(8-16-19)13(20)18-11(17-12)9-4-6-15(23-3,7-5-9)14(21)22-2/h4,8H,5-7H2,1-3H3,(H,17,18,20). The van der Waals surface area contributed by atoms with E-state index in [9.17, 15) is 9.90 Å². The number of aryl methyl sites for hydroxylation is 1. The van der Waals surface area contributed by atoms with Gasteiger partial charge in [-0.25, -0.2) is 9.78 Å². The molecular formula is C15H18N4O4. The van der Waals surface area contributed by atoms with Crippen LogP contribution in [0.3, 0.4) is 0 Å². The molecule has 2 aromatic heterocycles. The lowest BCUT2D eigenvalue weighted by Gasteiger charge is -2.32. The van der Waals surface area contributed by atoms with Gasteiger partial charge in [-0.2, -0.15) is 10.1 Å². The van der Waals surface area contributed by atoms with Crippen LogP contribution >= 0.6 is 0 Å². The van der Waals surface area contributed by atoms with Gasteiger partial charge in [0.2, 0.25) is 5.88 Å². The highest BCUT2D eigenvalue weighted by Gasteiger charge is 2.41. The number of hydrogen-bond acceptors (Lipinski definition) is 7. The fourth-order valence-electron chi connectivity index (χ4n) is 2.82. The molecule has 1 atom stereocenters. The molecule has 0 aliphatic heterocycles. The van der Waals surface area contributed by atoms with Crippen molar-refractivity contribution in [1.29, 1.82) is 0 Å². The van der Waals surface area contributed by atoms with Crippen LogP contribution in [-0.4, -0.2) is 50.6 Å². The van der Waals surface area contributed by atoms with E-state index in [1.807, 2.05) is 6.08 Å². The lowest BCUT2D eigenvalue weighted by molar-refractivity contribution is -0.166. The smallest absolute Gasteiger partial charge is 0.338 e. The number of esters is 1. The van der Waals surface area contributed by atoms with E-state index in [0.717, 1.165) is 5.57 Å². The molecule has 0 saturated heterocycles. The maximum atomic E-state index is 11.9. The Hall–Kier alpha value is -2.48. The van der Waals surface area contributed by atoms with Crippen LogP contribution in [0.5, 0.6) is 5.88 Å². The average molecular weight is 318 g/mol. The van der Waals surface area contributed by atoms with Gasteiger partial charge < -0.3 is 14.6 Å². The van der Waals surface area contributed by atoms with Crippen molar-refractivity contribution in [1.82, 2.24) is 19.7 Å². The number of aromatic nitrogens is 4. The molecular weight excluding hydrogens is 300 g/mol. The molecule has 0 bridgehead atoms. The van der Waals surface area contributed by atoms with Gasteiger partial charge in [0.25, 0.3) is 0 Å². The Morgan fingerprint density at radius 1 is 1.39 bits per heavy atom. The van der Waals surface area contributed by atoms with Gasteiger partial charge in [0.1, 0.15) is 5.39 Å². The Bertz CT molecular complexity index is 798. The van der Waals surface area contributed by atoms with Crippen molar-refractivity contribution in [2.24, 2.45) is 7.05 Å². The quantitative estimate of drug-likeness (QED) is 0.849. The largest absolute Gasteiger partial charge is 0.493 e. The predicted octanol–water partition coefficient (Wildman–Crippen LogP) is 1.19. The first kappa shape index (κ1) is 15.4. The first-order valence-corrected chi connectivity index (χ1v) is 7.22. The zero-order chi connectivity index (χ0) is 16.6. The summed E-state index contributed by atoms with van der Waals surface area (Å²) in [5.74, 6) is -0.0510. The zero-order valence-electron chi connectivity index (χ0n) is 13.2. The summed E-state index contributed by atoms with van der Waals surface area (Å²) in [4.78, 5) is 20.5. The molecule has 8 heteroatoms. The molecule has 2 aromatic rings. The van der Waals surface area contributed by atoms with E-state index in [1.54, 1.807) is 11.7 Å². The molecule has 2 heterocycles. The minimum Gasteiger partial charge on any atom is -0.493 e. The highest BCUT2D eigenvalue weighted by Crippen LogP contribution is 2.35. The molecule has 0 aromatic carbocycles. The van der Waals surface area contributed by atoms with E-state index < -0.39 is 5.60 Å². The SMILES string of the molecule is COC(=O)C1(OC)CC=C(c2nc(O)c3cnn(C)c3n2)CC1. The topological polar surface area (TPSA) is 99.4 Å². The van der Waals surface area contributed by atoms with Crippen LogP contribution in [-0.2, 0) is 21.3 Å². The minimum absolute atomic E-state index is 0.101. The Kier molecular flexibility index (Phi) is 3.77. The highest BCUT2D eigenvalue weighted by atomic mass is 16.6. The van der Waals surface area contributed by atoms with Gasteiger partial charge in [0.05, 0.1) is 13.3 Å². The number of hydrogen-bond donors (Lipinski definition) is 1. The highest BCUT2D eigenvalue weighted by molar-refractivity contribution is 5.83. The van der Waals surface area contributed by atoms with Crippen LogP contribution in [0.2, 0.25) is 0 Å². The molecule has 0 radical (unpaired) electrons. The van der Waals surface area contributed by atoms with Crippen molar-refractivity contribution in [2.45, 2.75) is 24.9 Å². The number of nitrogens with zero attached hydrogens (tertiary/aromatic N) is 4. The van der Waals surface area contributed by atoms with Crippen LogP contribution in [0.1, 0.15) is 25.1 Å². The van der Waals surface area contributed by atoms with Crippen molar-refractivity contribution in [2.75, 3.05) is 14.2 Å². The van der Waals surface area contributed by atoms with Gasteiger partial charge >= 0.3 is 5.97 Å². The van der Waals surface area contributed by atoms with Crippen molar-refractivity contribution >= 4 is 22.6 Å². The Morgan fingerprint density at radius 3 is 2.78 bits per heavy atom. The number of fused-ring (bicyclic) bond motifs is 1. The van der Waals surface area contributed by atoms with Gasteiger partial charge in [-0.05, 0) is 18.4 Å². The van der Waals surface area contributed by atoms with Gasteiger partial charge in [-0.15, -0.1) is 0 Å². The molecule has 0 spiro atoms. The van der Waals surface area contributed by atoms with Crippen LogP contribution in [0.4, 0.5) is 0 Å². The summed E-state index contributed by atoms with van der Waals surface area (Å²) in [7, 11) is 4.60. The van der Waals surface area contributed by atoms with Gasteiger partial charge in [-0.1, -0.05) is 6.08 Å². The van der Waals surface area contributed by atoms with Crippen molar-refractivity contribution in [3.8, 4) is 5.88 Å². The van der Waals surface area contributed by atoms with Crippen molar-refractivity contribution in [3.05, 3.63) is 18.1 Å². The van der Waals surface area contributed by atoms with Crippen molar-refractivity contribution < 1.29 is 19.4 Å². The Morgan fingerprint density at radius 2 is 2.17 bits per heavy atom. The molecule has 122 valence electrons. The van der Waals surface area contributed by atoms with Gasteiger partial charge in [-0.3, -0.25) is 4.68 Å². The summed E-state index contributed by atoms with van der Waals surface area (Å²) in [5.41, 5.74) is 0.460. The minimum atomic E-state index is -0.961. The summed E-state index contributed by atoms with van der Waals surface area (Å²) in [6, 6.07) is 0. The fourth-order valence-corrected chi connectivity index (χ4v) is 2.82. The monoisotopic (exact) mass is 318 g/mol. The number of aromatic hydroxyl groups is 1.